The number of carbonyl (C=O) groups excluding carboxylic acids is 1. The van der Waals surface area contributed by atoms with E-state index in [2.05, 4.69) is 15.4 Å². The van der Waals surface area contributed by atoms with Crippen LogP contribution in [0, 0.1) is 20.8 Å². The summed E-state index contributed by atoms with van der Waals surface area (Å²) in [7, 11) is -3.61. The number of hydrogen-bond donors (Lipinski definition) is 3. The van der Waals surface area contributed by atoms with Gasteiger partial charge in [0.15, 0.2) is 0 Å². The highest BCUT2D eigenvalue weighted by atomic mass is 32.2. The highest BCUT2D eigenvalue weighted by Gasteiger charge is 2.16. The molecular weight excluding hydrogens is 378 g/mol. The monoisotopic (exact) mass is 405 g/mol. The van der Waals surface area contributed by atoms with Gasteiger partial charge < -0.3 is 15.4 Å². The average molecular weight is 406 g/mol. The lowest BCUT2D eigenvalue weighted by atomic mass is 10.2. The Morgan fingerprint density at radius 1 is 0.929 bits per heavy atom. The summed E-state index contributed by atoms with van der Waals surface area (Å²) in [5, 5.41) is 5.28. The van der Waals surface area contributed by atoms with E-state index in [1.165, 1.54) is 0 Å². The third kappa shape index (κ3) is 6.54. The molecule has 0 aromatic heterocycles. The highest BCUT2D eigenvalue weighted by molar-refractivity contribution is 7.89. The SMILES string of the molecule is Cc1ccc(C)c(S(=O)(=O)NCCNC(=O)NCCOc2ccccc2C)c1. The molecule has 0 unspecified atom stereocenters. The largest absolute Gasteiger partial charge is 0.491 e. The van der Waals surface area contributed by atoms with E-state index in [0.717, 1.165) is 16.9 Å². The molecule has 0 bridgehead atoms. The van der Waals surface area contributed by atoms with Crippen molar-refractivity contribution in [2.75, 3.05) is 26.2 Å². The number of amides is 2. The Morgan fingerprint density at radius 2 is 1.64 bits per heavy atom. The van der Waals surface area contributed by atoms with Crippen LogP contribution in [0.15, 0.2) is 47.4 Å². The van der Waals surface area contributed by atoms with Crippen molar-refractivity contribution in [1.82, 2.24) is 15.4 Å². The minimum absolute atomic E-state index is 0.100. The first-order valence-corrected chi connectivity index (χ1v) is 10.5. The normalized spacial score (nSPS) is 11.1. The van der Waals surface area contributed by atoms with E-state index >= 15 is 0 Å². The maximum Gasteiger partial charge on any atom is 0.314 e. The van der Waals surface area contributed by atoms with E-state index < -0.39 is 10.0 Å². The predicted octanol–water partition coefficient (Wildman–Crippen LogP) is 2.27. The molecular formula is C20H27N3O4S. The van der Waals surface area contributed by atoms with E-state index in [0.29, 0.717) is 18.7 Å². The average Bonchev–Trinajstić information content (AvgIpc) is 2.65. The van der Waals surface area contributed by atoms with Gasteiger partial charge in [-0.25, -0.2) is 17.9 Å². The standard InChI is InChI=1S/C20H27N3O4S/c1-15-8-9-17(3)19(14-15)28(25,26)23-11-10-21-20(24)22-12-13-27-18-7-5-4-6-16(18)2/h4-9,14,23H,10-13H2,1-3H3,(H2,21,22,24). The van der Waals surface area contributed by atoms with Crippen molar-refractivity contribution in [2.24, 2.45) is 0 Å². The van der Waals surface area contributed by atoms with Crippen LogP contribution in [0.1, 0.15) is 16.7 Å². The van der Waals surface area contributed by atoms with Gasteiger partial charge in [0.2, 0.25) is 10.0 Å². The zero-order valence-electron chi connectivity index (χ0n) is 16.4. The Morgan fingerprint density at radius 3 is 2.39 bits per heavy atom. The van der Waals surface area contributed by atoms with Crippen molar-refractivity contribution in [3.8, 4) is 5.75 Å². The lowest BCUT2D eigenvalue weighted by Gasteiger charge is -2.12. The summed E-state index contributed by atoms with van der Waals surface area (Å²) in [6.45, 7) is 6.50. The summed E-state index contributed by atoms with van der Waals surface area (Å²) < 4.78 is 32.8. The fourth-order valence-corrected chi connectivity index (χ4v) is 3.90. The van der Waals surface area contributed by atoms with Gasteiger partial charge in [0, 0.05) is 13.1 Å². The van der Waals surface area contributed by atoms with Crippen molar-refractivity contribution in [1.29, 1.82) is 0 Å². The Balaban J connectivity index is 1.67. The number of para-hydroxylation sites is 1. The lowest BCUT2D eigenvalue weighted by molar-refractivity contribution is 0.236. The fraction of sp³-hybridized carbons (Fsp3) is 0.350. The van der Waals surface area contributed by atoms with Crippen molar-refractivity contribution in [3.63, 3.8) is 0 Å². The molecule has 0 aliphatic rings. The third-order valence-corrected chi connectivity index (χ3v) is 5.68. The number of urea groups is 1. The number of ether oxygens (including phenoxy) is 1. The van der Waals surface area contributed by atoms with Crippen LogP contribution >= 0.6 is 0 Å². The van der Waals surface area contributed by atoms with Gasteiger partial charge >= 0.3 is 6.03 Å². The molecule has 2 aromatic carbocycles. The molecule has 3 N–H and O–H groups in total. The van der Waals surface area contributed by atoms with Crippen LogP contribution in [-0.4, -0.2) is 40.7 Å². The van der Waals surface area contributed by atoms with Gasteiger partial charge in [-0.2, -0.15) is 0 Å². The van der Waals surface area contributed by atoms with Crippen molar-refractivity contribution < 1.29 is 17.9 Å². The van der Waals surface area contributed by atoms with Crippen LogP contribution in [-0.2, 0) is 10.0 Å². The Labute approximate surface area is 166 Å². The van der Waals surface area contributed by atoms with Crippen molar-refractivity contribution in [2.45, 2.75) is 25.7 Å². The molecule has 0 aliphatic carbocycles. The minimum atomic E-state index is -3.61. The molecule has 2 aromatic rings. The molecule has 0 saturated heterocycles. The zero-order chi connectivity index (χ0) is 20.6. The molecule has 0 fully saturated rings. The van der Waals surface area contributed by atoms with Gasteiger partial charge in [0.1, 0.15) is 12.4 Å². The number of nitrogens with one attached hydrogen (secondary N) is 3. The Bertz CT molecular complexity index is 913. The van der Waals surface area contributed by atoms with Gasteiger partial charge in [-0.15, -0.1) is 0 Å². The second kappa shape index (κ2) is 10.1. The number of benzene rings is 2. The molecule has 0 saturated carbocycles. The van der Waals surface area contributed by atoms with E-state index in [9.17, 15) is 13.2 Å². The second-order valence-corrected chi connectivity index (χ2v) is 8.20. The molecule has 28 heavy (non-hydrogen) atoms. The second-order valence-electron chi connectivity index (χ2n) is 6.46. The van der Waals surface area contributed by atoms with E-state index in [1.54, 1.807) is 19.1 Å². The van der Waals surface area contributed by atoms with Crippen molar-refractivity contribution >= 4 is 16.1 Å². The summed E-state index contributed by atoms with van der Waals surface area (Å²) in [6.07, 6.45) is 0. The number of hydrogen-bond acceptors (Lipinski definition) is 4. The number of sulfonamides is 1. The van der Waals surface area contributed by atoms with Crippen LogP contribution in [0.4, 0.5) is 4.79 Å². The minimum Gasteiger partial charge on any atom is -0.491 e. The van der Waals surface area contributed by atoms with Crippen LogP contribution in [0.3, 0.4) is 0 Å². The van der Waals surface area contributed by atoms with E-state index in [1.807, 2.05) is 44.2 Å². The predicted molar refractivity (Wildman–Crippen MR) is 109 cm³/mol. The van der Waals surface area contributed by atoms with Gasteiger partial charge in [-0.05, 0) is 49.6 Å². The Hall–Kier alpha value is -2.58. The van der Waals surface area contributed by atoms with Gasteiger partial charge in [-0.3, -0.25) is 0 Å². The quantitative estimate of drug-likeness (QED) is 0.558. The highest BCUT2D eigenvalue weighted by Crippen LogP contribution is 2.16. The van der Waals surface area contributed by atoms with Crippen LogP contribution in [0.2, 0.25) is 0 Å². The molecule has 7 nitrogen and oxygen atoms in total. The smallest absolute Gasteiger partial charge is 0.314 e. The maximum atomic E-state index is 12.4. The Kier molecular flexibility index (Phi) is 7.83. The summed E-state index contributed by atoms with van der Waals surface area (Å²) in [5.41, 5.74) is 2.58. The zero-order valence-corrected chi connectivity index (χ0v) is 17.2. The molecule has 2 amide bonds. The molecule has 8 heteroatoms. The summed E-state index contributed by atoms with van der Waals surface area (Å²) in [6, 6.07) is 12.5. The first-order valence-electron chi connectivity index (χ1n) is 9.06. The number of aryl methyl sites for hydroxylation is 3. The van der Waals surface area contributed by atoms with Crippen LogP contribution in [0.5, 0.6) is 5.75 Å². The fourth-order valence-electron chi connectivity index (χ4n) is 2.54. The molecule has 152 valence electrons. The van der Waals surface area contributed by atoms with Gasteiger partial charge in [0.25, 0.3) is 0 Å². The van der Waals surface area contributed by atoms with E-state index in [4.69, 9.17) is 4.74 Å². The van der Waals surface area contributed by atoms with Gasteiger partial charge in [0.05, 0.1) is 11.4 Å². The molecule has 0 spiro atoms. The number of carbonyl (C=O) groups is 1. The molecule has 2 rings (SSSR count). The molecule has 0 heterocycles. The number of rotatable bonds is 9. The van der Waals surface area contributed by atoms with E-state index in [-0.39, 0.29) is 24.0 Å². The molecule has 0 radical (unpaired) electrons. The summed E-state index contributed by atoms with van der Waals surface area (Å²) in [4.78, 5) is 12.0. The van der Waals surface area contributed by atoms with Crippen LogP contribution < -0.4 is 20.1 Å². The molecule has 0 aliphatic heterocycles. The first-order chi connectivity index (χ1) is 13.3. The lowest BCUT2D eigenvalue weighted by Crippen LogP contribution is -2.41. The summed E-state index contributed by atoms with van der Waals surface area (Å²) >= 11 is 0. The summed E-state index contributed by atoms with van der Waals surface area (Å²) in [5.74, 6) is 0.783. The third-order valence-electron chi connectivity index (χ3n) is 4.07. The van der Waals surface area contributed by atoms with Crippen molar-refractivity contribution in [3.05, 3.63) is 59.2 Å². The van der Waals surface area contributed by atoms with Gasteiger partial charge in [-0.1, -0.05) is 30.3 Å². The first kappa shape index (κ1) is 21.7. The maximum absolute atomic E-state index is 12.4. The topological polar surface area (TPSA) is 96.5 Å². The van der Waals surface area contributed by atoms with Crippen LogP contribution in [0.25, 0.3) is 0 Å². The molecule has 0 atom stereocenters.